The maximum atomic E-state index is 11.1. The standard InChI is InChI=1S/C12H8ClN5O2S/c13-6-1-2-8-11(18-21-17-8)10(6)16-9-3-5(12(19)20)7(14)4-15-9/h1-4H,14H2,(H,15,16)(H,19,20). The van der Waals surface area contributed by atoms with Gasteiger partial charge in [-0.3, -0.25) is 0 Å². The van der Waals surface area contributed by atoms with Gasteiger partial charge in [0.15, 0.2) is 0 Å². The summed E-state index contributed by atoms with van der Waals surface area (Å²) in [6.07, 6.45) is 1.28. The molecule has 2 heterocycles. The van der Waals surface area contributed by atoms with Crippen LogP contribution in [0.5, 0.6) is 0 Å². The maximum absolute atomic E-state index is 11.1. The number of fused-ring (bicyclic) bond motifs is 1. The first-order valence-electron chi connectivity index (χ1n) is 5.73. The summed E-state index contributed by atoms with van der Waals surface area (Å²) in [6, 6.07) is 4.78. The molecule has 2 aromatic heterocycles. The van der Waals surface area contributed by atoms with Crippen molar-refractivity contribution in [3.63, 3.8) is 0 Å². The van der Waals surface area contributed by atoms with E-state index in [1.807, 2.05) is 0 Å². The number of aromatic nitrogens is 3. The second kappa shape index (κ2) is 5.15. The molecule has 0 aliphatic rings. The fraction of sp³-hybridized carbons (Fsp3) is 0. The van der Waals surface area contributed by atoms with Crippen LogP contribution in [0, 0.1) is 0 Å². The highest BCUT2D eigenvalue weighted by molar-refractivity contribution is 7.00. The van der Waals surface area contributed by atoms with Crippen LogP contribution in [0.2, 0.25) is 5.02 Å². The third-order valence-corrected chi connectivity index (χ3v) is 3.65. The lowest BCUT2D eigenvalue weighted by Gasteiger charge is -2.09. The summed E-state index contributed by atoms with van der Waals surface area (Å²) >= 11 is 7.21. The first-order valence-corrected chi connectivity index (χ1v) is 6.83. The van der Waals surface area contributed by atoms with Crippen LogP contribution in [0.4, 0.5) is 17.2 Å². The maximum Gasteiger partial charge on any atom is 0.337 e. The summed E-state index contributed by atoms with van der Waals surface area (Å²) in [6.45, 7) is 0. The van der Waals surface area contributed by atoms with Crippen molar-refractivity contribution >= 4 is 57.5 Å². The van der Waals surface area contributed by atoms with E-state index in [1.165, 1.54) is 12.3 Å². The Morgan fingerprint density at radius 1 is 1.38 bits per heavy atom. The summed E-state index contributed by atoms with van der Waals surface area (Å²) in [4.78, 5) is 15.1. The molecule has 0 saturated heterocycles. The highest BCUT2D eigenvalue weighted by Crippen LogP contribution is 2.32. The lowest BCUT2D eigenvalue weighted by molar-refractivity contribution is 0.0698. The molecule has 9 heteroatoms. The molecule has 0 bridgehead atoms. The Kier molecular flexibility index (Phi) is 3.32. The Bertz CT molecular complexity index is 851. The molecule has 1 aromatic carbocycles. The van der Waals surface area contributed by atoms with Crippen molar-refractivity contribution in [3.05, 3.63) is 35.0 Å². The lowest BCUT2D eigenvalue weighted by Crippen LogP contribution is -2.05. The van der Waals surface area contributed by atoms with Gasteiger partial charge in [-0.15, -0.1) is 0 Å². The predicted octanol–water partition coefficient (Wildman–Crippen LogP) is 2.76. The fourth-order valence-electron chi connectivity index (χ4n) is 1.79. The van der Waals surface area contributed by atoms with E-state index in [2.05, 4.69) is 19.0 Å². The Labute approximate surface area is 127 Å². The van der Waals surface area contributed by atoms with Crippen molar-refractivity contribution in [2.24, 2.45) is 0 Å². The van der Waals surface area contributed by atoms with Crippen LogP contribution < -0.4 is 11.1 Å². The van der Waals surface area contributed by atoms with Gasteiger partial charge in [-0.1, -0.05) is 11.6 Å². The van der Waals surface area contributed by atoms with E-state index in [1.54, 1.807) is 12.1 Å². The average Bonchev–Trinajstić information content (AvgIpc) is 2.92. The summed E-state index contributed by atoms with van der Waals surface area (Å²) in [5.74, 6) is -0.818. The van der Waals surface area contributed by atoms with Gasteiger partial charge in [-0.05, 0) is 18.2 Å². The minimum absolute atomic E-state index is 0.0350. The van der Waals surface area contributed by atoms with E-state index in [4.69, 9.17) is 22.4 Å². The van der Waals surface area contributed by atoms with Crippen molar-refractivity contribution in [2.45, 2.75) is 0 Å². The molecule has 4 N–H and O–H groups in total. The van der Waals surface area contributed by atoms with Gasteiger partial charge in [-0.25, -0.2) is 9.78 Å². The second-order valence-corrected chi connectivity index (χ2v) is 5.08. The first kappa shape index (κ1) is 13.5. The number of nitrogen functional groups attached to an aromatic ring is 1. The molecule has 21 heavy (non-hydrogen) atoms. The minimum Gasteiger partial charge on any atom is -0.478 e. The zero-order valence-corrected chi connectivity index (χ0v) is 11.9. The molecular formula is C12H8ClN5O2S. The van der Waals surface area contributed by atoms with Gasteiger partial charge in [0.05, 0.1) is 39.9 Å². The number of nitrogens with zero attached hydrogens (tertiary/aromatic N) is 3. The van der Waals surface area contributed by atoms with Crippen molar-refractivity contribution < 1.29 is 9.90 Å². The monoisotopic (exact) mass is 321 g/mol. The van der Waals surface area contributed by atoms with E-state index >= 15 is 0 Å². The van der Waals surface area contributed by atoms with E-state index < -0.39 is 5.97 Å². The number of anilines is 3. The second-order valence-electron chi connectivity index (χ2n) is 4.14. The number of hydrogen-bond donors (Lipinski definition) is 3. The molecule has 0 fully saturated rings. The van der Waals surface area contributed by atoms with Crippen LogP contribution in [0.3, 0.4) is 0 Å². The van der Waals surface area contributed by atoms with E-state index in [9.17, 15) is 4.79 Å². The summed E-state index contributed by atoms with van der Waals surface area (Å²) in [5, 5.41) is 12.5. The molecule has 0 unspecified atom stereocenters. The largest absolute Gasteiger partial charge is 0.478 e. The van der Waals surface area contributed by atoms with Gasteiger partial charge in [0.25, 0.3) is 0 Å². The number of carboxylic acids is 1. The van der Waals surface area contributed by atoms with Crippen molar-refractivity contribution in [3.8, 4) is 0 Å². The van der Waals surface area contributed by atoms with Crippen molar-refractivity contribution in [1.82, 2.24) is 13.7 Å². The predicted molar refractivity (Wildman–Crippen MR) is 81.3 cm³/mol. The molecule has 0 aliphatic heterocycles. The average molecular weight is 322 g/mol. The third-order valence-electron chi connectivity index (χ3n) is 2.80. The van der Waals surface area contributed by atoms with Crippen LogP contribution in [0.1, 0.15) is 10.4 Å². The number of pyridine rings is 1. The molecule has 3 rings (SSSR count). The molecule has 3 aromatic rings. The zero-order valence-electron chi connectivity index (χ0n) is 10.4. The van der Waals surface area contributed by atoms with Gasteiger partial charge in [0, 0.05) is 0 Å². The lowest BCUT2D eigenvalue weighted by atomic mass is 10.2. The number of nitrogens with two attached hydrogens (primary N) is 1. The van der Waals surface area contributed by atoms with E-state index in [-0.39, 0.29) is 11.3 Å². The number of halogens is 1. The number of carboxylic acid groups (broad SMARTS) is 1. The van der Waals surface area contributed by atoms with Crippen LogP contribution in [0.15, 0.2) is 24.4 Å². The molecule has 0 aliphatic carbocycles. The topological polar surface area (TPSA) is 114 Å². The van der Waals surface area contributed by atoms with Gasteiger partial charge >= 0.3 is 5.97 Å². The Hall–Kier alpha value is -2.45. The highest BCUT2D eigenvalue weighted by Gasteiger charge is 2.13. The smallest absolute Gasteiger partial charge is 0.337 e. The summed E-state index contributed by atoms with van der Waals surface area (Å²) in [5.41, 5.74) is 7.45. The number of carbonyl (C=O) groups is 1. The Morgan fingerprint density at radius 3 is 2.95 bits per heavy atom. The number of nitrogens with one attached hydrogen (secondary N) is 1. The number of hydrogen-bond acceptors (Lipinski definition) is 7. The molecule has 7 nitrogen and oxygen atoms in total. The van der Waals surface area contributed by atoms with Gasteiger partial charge in [0.1, 0.15) is 16.9 Å². The van der Waals surface area contributed by atoms with Crippen LogP contribution in [-0.2, 0) is 0 Å². The normalized spacial score (nSPS) is 10.7. The fourth-order valence-corrected chi connectivity index (χ4v) is 2.54. The van der Waals surface area contributed by atoms with Crippen LogP contribution >= 0.6 is 23.3 Å². The van der Waals surface area contributed by atoms with E-state index in [0.29, 0.717) is 27.6 Å². The highest BCUT2D eigenvalue weighted by atomic mass is 35.5. The molecular weight excluding hydrogens is 314 g/mol. The molecule has 0 saturated carbocycles. The number of rotatable bonds is 3. The summed E-state index contributed by atoms with van der Waals surface area (Å²) < 4.78 is 8.28. The van der Waals surface area contributed by atoms with Crippen molar-refractivity contribution in [1.29, 1.82) is 0 Å². The van der Waals surface area contributed by atoms with E-state index in [0.717, 1.165) is 11.7 Å². The SMILES string of the molecule is Nc1cnc(Nc2c(Cl)ccc3nsnc23)cc1C(=O)O. The molecule has 106 valence electrons. The number of aromatic carboxylic acids is 1. The molecule has 0 amide bonds. The zero-order chi connectivity index (χ0) is 15.0. The molecule has 0 radical (unpaired) electrons. The molecule has 0 spiro atoms. The van der Waals surface area contributed by atoms with Crippen molar-refractivity contribution in [2.75, 3.05) is 11.1 Å². The quantitative estimate of drug-likeness (QED) is 0.679. The molecule has 0 atom stereocenters. The third kappa shape index (κ3) is 2.46. The summed E-state index contributed by atoms with van der Waals surface area (Å²) in [7, 11) is 0. The van der Waals surface area contributed by atoms with Crippen LogP contribution in [0.25, 0.3) is 11.0 Å². The number of benzene rings is 1. The minimum atomic E-state index is -1.13. The first-order chi connectivity index (χ1) is 10.1. The Morgan fingerprint density at radius 2 is 2.19 bits per heavy atom. The van der Waals surface area contributed by atoms with Crippen LogP contribution in [-0.4, -0.2) is 24.8 Å². The van der Waals surface area contributed by atoms with Gasteiger partial charge in [-0.2, -0.15) is 8.75 Å². The van der Waals surface area contributed by atoms with Gasteiger partial charge in [0.2, 0.25) is 0 Å². The Balaban J connectivity index is 2.06. The van der Waals surface area contributed by atoms with Gasteiger partial charge < -0.3 is 16.2 Å².